The summed E-state index contributed by atoms with van der Waals surface area (Å²) in [5.41, 5.74) is 0.894. The van der Waals surface area contributed by atoms with Crippen molar-refractivity contribution in [2.45, 2.75) is 46.5 Å². The number of nitrogens with one attached hydrogen (secondary N) is 1. The van der Waals surface area contributed by atoms with E-state index in [0.29, 0.717) is 65.4 Å². The molecule has 0 aliphatic heterocycles. The van der Waals surface area contributed by atoms with Crippen LogP contribution in [-0.2, 0) is 11.2 Å². The van der Waals surface area contributed by atoms with Crippen molar-refractivity contribution in [2.75, 3.05) is 18.5 Å². The van der Waals surface area contributed by atoms with Gasteiger partial charge < -0.3 is 24.7 Å². The zero-order chi connectivity index (χ0) is 26.7. The molecule has 0 amide bonds. The molecule has 2 heterocycles. The number of anilines is 1. The maximum atomic E-state index is 14.7. The molecule has 0 unspecified atom stereocenters. The van der Waals surface area contributed by atoms with Crippen molar-refractivity contribution >= 4 is 33.5 Å². The Kier molecular flexibility index (Phi) is 7.56. The van der Waals surface area contributed by atoms with E-state index in [-0.39, 0.29) is 35.1 Å². The van der Waals surface area contributed by atoms with Gasteiger partial charge in [0.25, 0.3) is 0 Å². The fourth-order valence-electron chi connectivity index (χ4n) is 4.44. The number of aryl methyl sites for hydroxylation is 2. The van der Waals surface area contributed by atoms with E-state index >= 15 is 0 Å². The molecule has 0 radical (unpaired) electrons. The summed E-state index contributed by atoms with van der Waals surface area (Å²) < 4.78 is 26.0. The highest BCUT2D eigenvalue weighted by Gasteiger charge is 2.22. The summed E-state index contributed by atoms with van der Waals surface area (Å²) in [7, 11) is 0. The number of nitrogens with zero attached hydrogens (tertiary/aromatic N) is 2. The normalized spacial score (nSPS) is 11.2. The van der Waals surface area contributed by atoms with Gasteiger partial charge in [-0.15, -0.1) is 0 Å². The van der Waals surface area contributed by atoms with E-state index in [2.05, 4.69) is 15.3 Å². The number of unbranched alkanes of at least 4 members (excludes halogenated alkanes) is 1. The van der Waals surface area contributed by atoms with Gasteiger partial charge in [0, 0.05) is 24.1 Å². The first-order chi connectivity index (χ1) is 17.7. The molecule has 37 heavy (non-hydrogen) atoms. The van der Waals surface area contributed by atoms with Crippen molar-refractivity contribution in [2.24, 2.45) is 0 Å². The first-order valence-electron chi connectivity index (χ1n) is 12.1. The summed E-state index contributed by atoms with van der Waals surface area (Å²) in [6.45, 7) is 6.01. The lowest BCUT2D eigenvalue weighted by molar-refractivity contribution is -0.137. The second-order valence-electron chi connectivity index (χ2n) is 8.60. The molecule has 0 aliphatic rings. The van der Waals surface area contributed by atoms with Crippen LogP contribution in [0.5, 0.6) is 11.8 Å². The maximum Gasteiger partial charge on any atom is 0.349 e. The number of hydrogen-bond donors (Lipinski definition) is 3. The minimum atomic E-state index is -0.875. The van der Waals surface area contributed by atoms with Crippen LogP contribution in [0.1, 0.15) is 44.2 Å². The molecule has 10 heteroatoms. The maximum absolute atomic E-state index is 14.7. The van der Waals surface area contributed by atoms with Crippen LogP contribution in [0.25, 0.3) is 33.0 Å². The van der Waals surface area contributed by atoms with Gasteiger partial charge in [0.1, 0.15) is 28.5 Å². The number of carboxylic acid groups (broad SMARTS) is 1. The molecule has 0 aliphatic carbocycles. The molecule has 0 bridgehead atoms. The number of aromatic nitrogens is 2. The van der Waals surface area contributed by atoms with Crippen molar-refractivity contribution in [3.63, 3.8) is 0 Å². The molecule has 0 atom stereocenters. The van der Waals surface area contributed by atoms with Gasteiger partial charge in [0.05, 0.1) is 12.1 Å². The zero-order valence-electron chi connectivity index (χ0n) is 20.9. The third-order valence-electron chi connectivity index (χ3n) is 6.12. The number of aliphatic carboxylic acids is 1. The van der Waals surface area contributed by atoms with Gasteiger partial charge in [0.15, 0.2) is 0 Å². The van der Waals surface area contributed by atoms with Crippen LogP contribution in [-0.4, -0.2) is 39.3 Å². The molecule has 0 saturated carbocycles. The van der Waals surface area contributed by atoms with Crippen LogP contribution in [0.4, 0.5) is 10.2 Å². The van der Waals surface area contributed by atoms with Crippen molar-refractivity contribution in [3.8, 4) is 23.1 Å². The number of phenols is 1. The summed E-state index contributed by atoms with van der Waals surface area (Å²) in [5.74, 6) is -0.946. The Balaban J connectivity index is 1.91. The summed E-state index contributed by atoms with van der Waals surface area (Å²) >= 11 is 0. The smallest absolute Gasteiger partial charge is 0.349 e. The first-order valence-corrected chi connectivity index (χ1v) is 12.1. The summed E-state index contributed by atoms with van der Waals surface area (Å²) in [5, 5.41) is 23.6. The van der Waals surface area contributed by atoms with Crippen LogP contribution >= 0.6 is 0 Å². The number of halogens is 1. The summed E-state index contributed by atoms with van der Waals surface area (Å²) in [6.07, 6.45) is 1.44. The molecule has 4 aromatic rings. The zero-order valence-corrected chi connectivity index (χ0v) is 20.9. The van der Waals surface area contributed by atoms with Gasteiger partial charge in [-0.3, -0.25) is 4.79 Å². The minimum Gasteiger partial charge on any atom is -0.508 e. The number of carboxylic acids is 1. The molecule has 0 spiro atoms. The van der Waals surface area contributed by atoms with E-state index in [1.54, 1.807) is 19.9 Å². The average molecular weight is 510 g/mol. The fourth-order valence-corrected chi connectivity index (χ4v) is 4.44. The number of phenolic OH excluding ortho intramolecular Hbond substituents is 1. The first kappa shape index (κ1) is 25.9. The molecule has 4 rings (SSSR count). The molecular weight excluding hydrogens is 481 g/mol. The number of carbonyl (C=O) groups is 1. The van der Waals surface area contributed by atoms with Crippen LogP contribution in [0, 0.1) is 12.7 Å². The molecular formula is C27H28FN3O6. The van der Waals surface area contributed by atoms with Gasteiger partial charge in [-0.25, -0.2) is 9.18 Å². The lowest BCUT2D eigenvalue weighted by Gasteiger charge is -2.16. The third kappa shape index (κ3) is 5.18. The van der Waals surface area contributed by atoms with Crippen LogP contribution in [0.2, 0.25) is 0 Å². The molecule has 3 N–H and O–H groups in total. The third-order valence-corrected chi connectivity index (χ3v) is 6.12. The van der Waals surface area contributed by atoms with E-state index in [4.69, 9.17) is 14.3 Å². The highest BCUT2D eigenvalue weighted by molar-refractivity contribution is 6.02. The Labute approximate surface area is 211 Å². The van der Waals surface area contributed by atoms with E-state index in [1.165, 1.54) is 18.2 Å². The molecule has 2 aromatic carbocycles. The van der Waals surface area contributed by atoms with Crippen LogP contribution in [0.15, 0.2) is 33.5 Å². The Morgan fingerprint density at radius 1 is 1.16 bits per heavy atom. The lowest BCUT2D eigenvalue weighted by Crippen LogP contribution is -2.13. The van der Waals surface area contributed by atoms with Crippen molar-refractivity contribution in [1.82, 2.24) is 9.97 Å². The van der Waals surface area contributed by atoms with E-state index in [9.17, 15) is 19.1 Å². The van der Waals surface area contributed by atoms with E-state index < -0.39 is 17.4 Å². The molecule has 0 fully saturated rings. The van der Waals surface area contributed by atoms with Crippen LogP contribution in [0.3, 0.4) is 0 Å². The molecule has 9 nitrogen and oxygen atoms in total. The molecule has 194 valence electrons. The highest BCUT2D eigenvalue weighted by Crippen LogP contribution is 2.39. The number of benzene rings is 2. The number of rotatable bonds is 10. The largest absolute Gasteiger partial charge is 0.508 e. The fraction of sp³-hybridized carbons (Fsp3) is 0.333. The Morgan fingerprint density at radius 3 is 2.65 bits per heavy atom. The molecule has 2 aromatic heterocycles. The SMILES string of the molecule is CCOc1nc(NCCCCC(=O)O)c2c(=O)oc(-c3cc(O)cc4ccc(F)c(CC)c34)c(C)c2n1. The Hall–Kier alpha value is -4.21. The summed E-state index contributed by atoms with van der Waals surface area (Å²) in [4.78, 5) is 32.8. The van der Waals surface area contributed by atoms with E-state index in [0.717, 1.165) is 0 Å². The van der Waals surface area contributed by atoms with Gasteiger partial charge in [-0.1, -0.05) is 13.0 Å². The Morgan fingerprint density at radius 2 is 1.95 bits per heavy atom. The predicted molar refractivity (Wildman–Crippen MR) is 138 cm³/mol. The second-order valence-corrected chi connectivity index (χ2v) is 8.60. The van der Waals surface area contributed by atoms with Crippen molar-refractivity contribution in [1.29, 1.82) is 0 Å². The quantitative estimate of drug-likeness (QED) is 0.247. The molecule has 0 saturated heterocycles. The van der Waals surface area contributed by atoms with Crippen molar-refractivity contribution in [3.05, 3.63) is 51.6 Å². The Bertz CT molecular complexity index is 1550. The van der Waals surface area contributed by atoms with Gasteiger partial charge >= 0.3 is 17.6 Å². The number of aromatic hydroxyl groups is 1. The van der Waals surface area contributed by atoms with Gasteiger partial charge in [-0.05, 0) is 67.6 Å². The highest BCUT2D eigenvalue weighted by atomic mass is 19.1. The van der Waals surface area contributed by atoms with Crippen molar-refractivity contribution < 1.29 is 28.6 Å². The average Bonchev–Trinajstić information content (AvgIpc) is 2.85. The predicted octanol–water partition coefficient (Wildman–Crippen LogP) is 5.18. The monoisotopic (exact) mass is 509 g/mol. The lowest BCUT2D eigenvalue weighted by atomic mass is 9.94. The second kappa shape index (κ2) is 10.8. The van der Waals surface area contributed by atoms with Gasteiger partial charge in [0.2, 0.25) is 0 Å². The number of fused-ring (bicyclic) bond motifs is 2. The topological polar surface area (TPSA) is 135 Å². The summed E-state index contributed by atoms with van der Waals surface area (Å²) in [6, 6.07) is 5.97. The van der Waals surface area contributed by atoms with E-state index in [1.807, 2.05) is 6.92 Å². The number of hydrogen-bond acceptors (Lipinski definition) is 8. The van der Waals surface area contributed by atoms with Gasteiger partial charge in [-0.2, -0.15) is 9.97 Å². The standard InChI is InChI=1S/C27H28FN3O6/c1-4-17-19(28)10-9-15-12-16(32)13-18(21(15)17)24-14(3)23-22(26(35)37-24)25(31-27(30-23)36-5-2)29-11-7-6-8-20(33)34/h9-10,12-13,32H,4-8,11H2,1-3H3,(H,33,34)(H,29,30,31). The minimum absolute atomic E-state index is 0.0409. The number of ether oxygens (including phenoxy) is 1. The van der Waals surface area contributed by atoms with Crippen LogP contribution < -0.4 is 15.7 Å².